The Morgan fingerprint density at radius 2 is 2.10 bits per heavy atom. The van der Waals surface area contributed by atoms with Crippen molar-refractivity contribution in [3.8, 4) is 5.75 Å². The molecule has 3 atom stereocenters. The minimum absolute atomic E-state index is 0.0170. The molecule has 0 spiro atoms. The van der Waals surface area contributed by atoms with E-state index in [0.29, 0.717) is 34.5 Å². The van der Waals surface area contributed by atoms with E-state index in [-0.39, 0.29) is 18.9 Å². The second kappa shape index (κ2) is 8.34. The minimum Gasteiger partial charge on any atom is -0.489 e. The molecule has 2 aromatic heterocycles. The van der Waals surface area contributed by atoms with Gasteiger partial charge in [0.15, 0.2) is 5.75 Å². The lowest BCUT2D eigenvalue weighted by atomic mass is 9.82. The van der Waals surface area contributed by atoms with Crippen molar-refractivity contribution in [3.63, 3.8) is 0 Å². The fourth-order valence-corrected chi connectivity index (χ4v) is 4.14. The van der Waals surface area contributed by atoms with Gasteiger partial charge in [-0.15, -0.1) is 0 Å². The van der Waals surface area contributed by atoms with Crippen molar-refractivity contribution in [2.24, 2.45) is 17.3 Å². The fraction of sp³-hybridized carbons (Fsp3) is 0.364. The van der Waals surface area contributed by atoms with E-state index in [0.717, 1.165) is 6.08 Å². The molecule has 2 heterocycles. The fourth-order valence-electron chi connectivity index (χ4n) is 4.03. The lowest BCUT2D eigenvalue weighted by Crippen LogP contribution is -2.30. The van der Waals surface area contributed by atoms with Crippen molar-refractivity contribution in [2.75, 3.05) is 11.9 Å². The Balaban J connectivity index is 1.55. The van der Waals surface area contributed by atoms with Gasteiger partial charge in [0.25, 0.3) is 0 Å². The number of carbonyl (C=O) groups is 1. The van der Waals surface area contributed by atoms with E-state index in [1.807, 2.05) is 0 Å². The Hall–Kier alpha value is -2.87. The number of nitrogens with zero attached hydrogens (tertiary/aromatic N) is 3. The van der Waals surface area contributed by atoms with E-state index >= 15 is 0 Å². The number of carbonyl (C=O) groups excluding carboxylic acids is 1. The van der Waals surface area contributed by atoms with E-state index in [1.165, 1.54) is 12.3 Å². The Morgan fingerprint density at radius 3 is 2.77 bits per heavy atom. The topological polar surface area (TPSA) is 77.0 Å². The van der Waals surface area contributed by atoms with Gasteiger partial charge < -0.3 is 10.1 Å². The maximum absolute atomic E-state index is 14.0. The number of pyridine rings is 1. The van der Waals surface area contributed by atoms with Crippen molar-refractivity contribution in [3.05, 3.63) is 64.9 Å². The molecule has 0 aliphatic heterocycles. The maximum atomic E-state index is 14.0. The van der Waals surface area contributed by atoms with Gasteiger partial charge in [0.1, 0.15) is 23.3 Å². The second-order valence-corrected chi connectivity index (χ2v) is 8.39. The van der Waals surface area contributed by atoms with E-state index in [2.05, 4.69) is 20.3 Å². The Labute approximate surface area is 183 Å². The summed E-state index contributed by atoms with van der Waals surface area (Å²) in [6.45, 7) is 3.67. The molecule has 1 fully saturated rings. The molecule has 0 radical (unpaired) electrons. The molecule has 0 bridgehead atoms. The summed E-state index contributed by atoms with van der Waals surface area (Å²) in [4.78, 5) is 25.4. The number of aryl methyl sites for hydroxylation is 2. The molecule has 1 amide bonds. The Bertz CT molecular complexity index is 1070. The largest absolute Gasteiger partial charge is 0.489 e. The number of nitrogens with one attached hydrogen (secondary N) is 1. The summed E-state index contributed by atoms with van der Waals surface area (Å²) in [5.74, 6) is -1.03. The summed E-state index contributed by atoms with van der Waals surface area (Å²) in [6.07, 6.45) is 5.69. The number of amides is 1. The normalized spacial score (nSPS) is 24.8. The highest BCUT2D eigenvalue weighted by Gasteiger charge is 2.63. The van der Waals surface area contributed by atoms with Gasteiger partial charge in [-0.3, -0.25) is 4.79 Å². The third-order valence-corrected chi connectivity index (χ3v) is 6.00. The summed E-state index contributed by atoms with van der Waals surface area (Å²) >= 11 is 5.83. The van der Waals surface area contributed by atoms with Gasteiger partial charge in [-0.1, -0.05) is 11.6 Å². The number of hydrogen-bond donors (Lipinski definition) is 1. The zero-order valence-electron chi connectivity index (χ0n) is 17.0. The van der Waals surface area contributed by atoms with E-state index < -0.39 is 28.9 Å². The number of allylic oxidation sites excluding steroid dienone is 4. The van der Waals surface area contributed by atoms with E-state index in [9.17, 15) is 13.6 Å². The minimum atomic E-state index is -0.753. The molecular formula is C22H21ClF2N4O2. The van der Waals surface area contributed by atoms with Crippen molar-refractivity contribution in [1.82, 2.24) is 15.0 Å². The number of anilines is 1. The number of ether oxygens (including phenoxy) is 1. The van der Waals surface area contributed by atoms with Crippen LogP contribution in [0, 0.1) is 31.1 Å². The molecule has 4 rings (SSSR count). The highest BCUT2D eigenvalue weighted by Crippen LogP contribution is 2.61. The van der Waals surface area contributed by atoms with Crippen LogP contribution in [0.3, 0.4) is 0 Å². The SMILES string of the molecule is Cc1ncc(OC[C@@]2(C3C=C(F)C=C(F)C3)C[C@H]2C(=O)Nc2ccc(Cl)cn2)c(C)n1. The molecule has 1 unspecified atom stereocenters. The molecule has 0 aromatic carbocycles. The van der Waals surface area contributed by atoms with Gasteiger partial charge >= 0.3 is 0 Å². The molecule has 0 saturated heterocycles. The molecule has 2 aliphatic rings. The summed E-state index contributed by atoms with van der Waals surface area (Å²) in [7, 11) is 0. The third-order valence-electron chi connectivity index (χ3n) is 5.77. The van der Waals surface area contributed by atoms with Crippen LogP contribution in [0.25, 0.3) is 0 Å². The van der Waals surface area contributed by atoms with Crippen molar-refractivity contribution in [2.45, 2.75) is 26.7 Å². The van der Waals surface area contributed by atoms with Crippen LogP contribution in [-0.2, 0) is 4.79 Å². The van der Waals surface area contributed by atoms with Gasteiger partial charge in [0.05, 0.1) is 23.5 Å². The summed E-state index contributed by atoms with van der Waals surface area (Å²) < 4.78 is 34.0. The molecule has 1 N–H and O–H groups in total. The monoisotopic (exact) mass is 446 g/mol. The summed E-state index contributed by atoms with van der Waals surface area (Å²) in [5.41, 5.74) is -0.0948. The van der Waals surface area contributed by atoms with E-state index in [1.54, 1.807) is 32.2 Å². The quantitative estimate of drug-likeness (QED) is 0.683. The maximum Gasteiger partial charge on any atom is 0.229 e. The van der Waals surface area contributed by atoms with Crippen molar-refractivity contribution < 1.29 is 18.3 Å². The first-order chi connectivity index (χ1) is 14.8. The predicted octanol–water partition coefficient (Wildman–Crippen LogP) is 4.89. The average Bonchev–Trinajstić information content (AvgIpc) is 3.44. The van der Waals surface area contributed by atoms with Crippen LogP contribution in [0.4, 0.5) is 14.6 Å². The molecule has 2 aliphatic carbocycles. The highest BCUT2D eigenvalue weighted by atomic mass is 35.5. The van der Waals surface area contributed by atoms with Crippen LogP contribution in [-0.4, -0.2) is 27.5 Å². The van der Waals surface area contributed by atoms with Crippen LogP contribution < -0.4 is 10.1 Å². The van der Waals surface area contributed by atoms with Crippen molar-refractivity contribution >= 4 is 23.3 Å². The average molecular weight is 447 g/mol. The number of aromatic nitrogens is 3. The highest BCUT2D eigenvalue weighted by molar-refractivity contribution is 6.30. The number of hydrogen-bond acceptors (Lipinski definition) is 5. The smallest absolute Gasteiger partial charge is 0.229 e. The molecule has 1 saturated carbocycles. The van der Waals surface area contributed by atoms with Crippen LogP contribution in [0.15, 0.2) is 48.3 Å². The van der Waals surface area contributed by atoms with Gasteiger partial charge in [0.2, 0.25) is 5.91 Å². The first-order valence-corrected chi connectivity index (χ1v) is 10.2. The number of halogens is 3. The molecule has 6 nitrogen and oxygen atoms in total. The molecular weight excluding hydrogens is 426 g/mol. The molecule has 9 heteroatoms. The third kappa shape index (κ3) is 4.58. The first-order valence-electron chi connectivity index (χ1n) is 9.86. The van der Waals surface area contributed by atoms with Crippen LogP contribution in [0.1, 0.15) is 24.4 Å². The lowest BCUT2D eigenvalue weighted by Gasteiger charge is -2.27. The van der Waals surface area contributed by atoms with Crippen LogP contribution in [0.2, 0.25) is 5.02 Å². The molecule has 2 aromatic rings. The van der Waals surface area contributed by atoms with Crippen molar-refractivity contribution in [1.29, 1.82) is 0 Å². The predicted molar refractivity (Wildman–Crippen MR) is 112 cm³/mol. The zero-order valence-corrected chi connectivity index (χ0v) is 17.8. The molecule has 162 valence electrons. The zero-order chi connectivity index (χ0) is 22.2. The van der Waals surface area contributed by atoms with Crippen LogP contribution in [0.5, 0.6) is 5.75 Å². The lowest BCUT2D eigenvalue weighted by molar-refractivity contribution is -0.118. The van der Waals surface area contributed by atoms with Gasteiger partial charge in [-0.2, -0.15) is 0 Å². The molecule has 31 heavy (non-hydrogen) atoms. The second-order valence-electron chi connectivity index (χ2n) is 7.95. The summed E-state index contributed by atoms with van der Waals surface area (Å²) in [6, 6.07) is 3.21. The van der Waals surface area contributed by atoms with Gasteiger partial charge in [-0.25, -0.2) is 23.7 Å². The number of rotatable bonds is 6. The van der Waals surface area contributed by atoms with E-state index in [4.69, 9.17) is 16.3 Å². The Morgan fingerprint density at radius 1 is 1.29 bits per heavy atom. The van der Waals surface area contributed by atoms with Crippen LogP contribution >= 0.6 is 11.6 Å². The Kier molecular flexibility index (Phi) is 5.75. The standard InChI is InChI=1S/C22H21ClF2N4O2/c1-12-19(10-26-13(2)28-12)31-11-22(14-5-16(24)7-17(25)6-14)8-18(22)21(30)29-20-4-3-15(23)9-27-20/h3-5,7,9-10,14,18H,6,8,11H2,1-2H3,(H,27,29,30)/t14?,18-,22+/m0/s1. The van der Waals surface area contributed by atoms with Gasteiger partial charge in [0, 0.05) is 30.0 Å². The van der Waals surface area contributed by atoms with Gasteiger partial charge in [-0.05, 0) is 44.4 Å². The first kappa shape index (κ1) is 21.4. The summed E-state index contributed by atoms with van der Waals surface area (Å²) in [5, 5.41) is 3.20.